The molecule has 0 spiro atoms. The Morgan fingerprint density at radius 1 is 1.23 bits per heavy atom. The second kappa shape index (κ2) is 9.30. The monoisotopic (exact) mass is 372 g/mol. The van der Waals surface area contributed by atoms with Crippen LogP contribution in [0.1, 0.15) is 36.0 Å². The van der Waals surface area contributed by atoms with Crippen LogP contribution in [-0.2, 0) is 11.0 Å². The summed E-state index contributed by atoms with van der Waals surface area (Å²) in [6.07, 6.45) is -2.70. The normalized spacial score (nSPS) is 11.5. The number of hydrogen-bond acceptors (Lipinski definition) is 6. The molecule has 0 saturated carbocycles. The Kier molecular flexibility index (Phi) is 7.10. The lowest BCUT2D eigenvalue weighted by Gasteiger charge is -2.07. The molecule has 26 heavy (non-hydrogen) atoms. The van der Waals surface area contributed by atoms with Gasteiger partial charge in [0.2, 0.25) is 5.82 Å². The van der Waals surface area contributed by atoms with E-state index in [4.69, 9.17) is 4.84 Å². The third-order valence-corrected chi connectivity index (χ3v) is 3.29. The fourth-order valence-corrected chi connectivity index (χ4v) is 1.92. The van der Waals surface area contributed by atoms with Crippen LogP contribution < -0.4 is 10.8 Å². The maximum absolute atomic E-state index is 12.5. The van der Waals surface area contributed by atoms with Crippen LogP contribution in [0.25, 0.3) is 11.4 Å². The summed E-state index contributed by atoms with van der Waals surface area (Å²) in [5.41, 5.74) is 3.41. The van der Waals surface area contributed by atoms with Crippen molar-refractivity contribution in [2.45, 2.75) is 25.9 Å². The molecule has 7 nitrogen and oxygen atoms in total. The third-order valence-electron chi connectivity index (χ3n) is 3.29. The van der Waals surface area contributed by atoms with Gasteiger partial charge in [-0.15, -0.1) is 0 Å². The van der Waals surface area contributed by atoms with Gasteiger partial charge in [0.05, 0.1) is 6.61 Å². The highest BCUT2D eigenvalue weighted by Gasteiger charge is 2.38. The SMILES string of the molecule is CCCCONCCNC(=O)c1ccc(-c2noc(C(F)(F)F)n2)cc1. The molecule has 2 N–H and O–H groups in total. The van der Waals surface area contributed by atoms with E-state index in [9.17, 15) is 18.0 Å². The molecule has 1 aromatic carbocycles. The van der Waals surface area contributed by atoms with Crippen molar-refractivity contribution in [2.24, 2.45) is 0 Å². The molecule has 0 fully saturated rings. The first-order chi connectivity index (χ1) is 12.4. The van der Waals surface area contributed by atoms with E-state index in [0.29, 0.717) is 30.8 Å². The number of unbranched alkanes of at least 4 members (excludes halogenated alkanes) is 1. The Morgan fingerprint density at radius 2 is 1.96 bits per heavy atom. The predicted molar refractivity (Wildman–Crippen MR) is 85.9 cm³/mol. The lowest BCUT2D eigenvalue weighted by atomic mass is 10.1. The van der Waals surface area contributed by atoms with Gasteiger partial charge in [-0.05, 0) is 18.6 Å². The number of hydrogen-bond donors (Lipinski definition) is 2. The number of alkyl halides is 3. The number of hydroxylamine groups is 1. The molecule has 0 aliphatic rings. The highest BCUT2D eigenvalue weighted by Crippen LogP contribution is 2.29. The number of rotatable bonds is 9. The van der Waals surface area contributed by atoms with Gasteiger partial charge in [-0.2, -0.15) is 18.2 Å². The van der Waals surface area contributed by atoms with Gasteiger partial charge in [-0.1, -0.05) is 30.6 Å². The zero-order chi connectivity index (χ0) is 19.0. The summed E-state index contributed by atoms with van der Waals surface area (Å²) in [4.78, 5) is 20.4. The van der Waals surface area contributed by atoms with Crippen molar-refractivity contribution in [3.8, 4) is 11.4 Å². The standard InChI is InChI=1S/C16H19F3N4O3/c1-2-3-10-25-21-9-8-20-14(24)12-6-4-11(5-7-12)13-22-15(26-23-13)16(17,18)19/h4-7,21H,2-3,8-10H2,1H3,(H,20,24). The van der Waals surface area contributed by atoms with Gasteiger partial charge in [0.1, 0.15) is 0 Å². The van der Waals surface area contributed by atoms with Crippen LogP contribution in [0.15, 0.2) is 28.8 Å². The summed E-state index contributed by atoms with van der Waals surface area (Å²) in [6.45, 7) is 3.49. The number of nitrogens with one attached hydrogen (secondary N) is 2. The number of carbonyl (C=O) groups is 1. The summed E-state index contributed by atoms with van der Waals surface area (Å²) < 4.78 is 41.6. The maximum Gasteiger partial charge on any atom is 0.471 e. The lowest BCUT2D eigenvalue weighted by molar-refractivity contribution is -0.159. The molecular weight excluding hydrogens is 353 g/mol. The molecule has 0 saturated heterocycles. The van der Waals surface area contributed by atoms with Crippen molar-refractivity contribution in [1.29, 1.82) is 0 Å². The summed E-state index contributed by atoms with van der Waals surface area (Å²) in [7, 11) is 0. The van der Waals surface area contributed by atoms with E-state index in [1.807, 2.05) is 0 Å². The first-order valence-electron chi connectivity index (χ1n) is 8.06. The van der Waals surface area contributed by atoms with Gasteiger partial charge in [0.25, 0.3) is 5.91 Å². The maximum atomic E-state index is 12.5. The van der Waals surface area contributed by atoms with Crippen LogP contribution in [0.3, 0.4) is 0 Å². The van der Waals surface area contributed by atoms with Crippen LogP contribution in [0.4, 0.5) is 13.2 Å². The number of aromatic nitrogens is 2. The highest BCUT2D eigenvalue weighted by molar-refractivity contribution is 5.94. The van der Waals surface area contributed by atoms with Crippen molar-refractivity contribution in [1.82, 2.24) is 20.9 Å². The Hall–Kier alpha value is -2.46. The minimum Gasteiger partial charge on any atom is -0.351 e. The molecule has 1 heterocycles. The summed E-state index contributed by atoms with van der Waals surface area (Å²) in [6, 6.07) is 5.84. The smallest absolute Gasteiger partial charge is 0.351 e. The molecule has 2 rings (SSSR count). The molecule has 2 aromatic rings. The van der Waals surface area contributed by atoms with Crippen LogP contribution in [0.5, 0.6) is 0 Å². The molecule has 0 atom stereocenters. The Bertz CT molecular complexity index is 702. The van der Waals surface area contributed by atoms with E-state index in [1.165, 1.54) is 24.3 Å². The van der Waals surface area contributed by atoms with E-state index in [0.717, 1.165) is 12.8 Å². The zero-order valence-corrected chi connectivity index (χ0v) is 14.1. The quantitative estimate of drug-likeness (QED) is 0.520. The largest absolute Gasteiger partial charge is 0.471 e. The van der Waals surface area contributed by atoms with Crippen LogP contribution in [0, 0.1) is 0 Å². The number of amides is 1. The molecule has 142 valence electrons. The number of nitrogens with zero attached hydrogens (tertiary/aromatic N) is 2. The predicted octanol–water partition coefficient (Wildman–Crippen LogP) is 2.81. The van der Waals surface area contributed by atoms with Crippen molar-refractivity contribution in [3.05, 3.63) is 35.7 Å². The molecule has 10 heteroatoms. The van der Waals surface area contributed by atoms with Gasteiger partial charge in [0.15, 0.2) is 0 Å². The topological polar surface area (TPSA) is 89.3 Å². The molecule has 1 aromatic heterocycles. The van der Waals surface area contributed by atoms with Crippen LogP contribution in [-0.4, -0.2) is 35.7 Å². The van der Waals surface area contributed by atoms with Gasteiger partial charge in [0, 0.05) is 24.2 Å². The van der Waals surface area contributed by atoms with Crippen LogP contribution in [0.2, 0.25) is 0 Å². The fourth-order valence-electron chi connectivity index (χ4n) is 1.92. The van der Waals surface area contributed by atoms with E-state index in [1.54, 1.807) is 0 Å². The Morgan fingerprint density at radius 3 is 2.58 bits per heavy atom. The summed E-state index contributed by atoms with van der Waals surface area (Å²) in [5.74, 6) is -1.92. The number of halogens is 3. The van der Waals surface area contributed by atoms with E-state index < -0.39 is 12.1 Å². The molecule has 0 unspecified atom stereocenters. The Balaban J connectivity index is 1.83. The molecule has 0 bridgehead atoms. The first-order valence-corrected chi connectivity index (χ1v) is 8.06. The van der Waals surface area contributed by atoms with Gasteiger partial charge in [-0.3, -0.25) is 4.79 Å². The third kappa shape index (κ3) is 5.81. The second-order valence-corrected chi connectivity index (χ2v) is 5.35. The van der Waals surface area contributed by atoms with Gasteiger partial charge in [-0.25, -0.2) is 5.48 Å². The average Bonchev–Trinajstić information content (AvgIpc) is 3.11. The first kappa shape index (κ1) is 19.9. The van der Waals surface area contributed by atoms with Gasteiger partial charge < -0.3 is 14.7 Å². The van der Waals surface area contributed by atoms with Crippen LogP contribution >= 0.6 is 0 Å². The average molecular weight is 372 g/mol. The summed E-state index contributed by atoms with van der Waals surface area (Å²) >= 11 is 0. The summed E-state index contributed by atoms with van der Waals surface area (Å²) in [5, 5.41) is 5.98. The molecule has 0 aliphatic carbocycles. The molecule has 0 radical (unpaired) electrons. The van der Waals surface area contributed by atoms with E-state index in [-0.39, 0.29) is 11.7 Å². The van der Waals surface area contributed by atoms with Gasteiger partial charge >= 0.3 is 12.1 Å². The lowest BCUT2D eigenvalue weighted by Crippen LogP contribution is -2.32. The highest BCUT2D eigenvalue weighted by atomic mass is 19.4. The molecule has 1 amide bonds. The van der Waals surface area contributed by atoms with Crippen molar-refractivity contribution < 1.29 is 27.3 Å². The van der Waals surface area contributed by atoms with E-state index in [2.05, 4.69) is 32.4 Å². The fraction of sp³-hybridized carbons (Fsp3) is 0.438. The second-order valence-electron chi connectivity index (χ2n) is 5.35. The van der Waals surface area contributed by atoms with Crippen molar-refractivity contribution in [3.63, 3.8) is 0 Å². The van der Waals surface area contributed by atoms with Crippen molar-refractivity contribution in [2.75, 3.05) is 19.7 Å². The number of benzene rings is 1. The zero-order valence-electron chi connectivity index (χ0n) is 14.1. The molecular formula is C16H19F3N4O3. The number of carbonyl (C=O) groups excluding carboxylic acids is 1. The minimum absolute atomic E-state index is 0.197. The van der Waals surface area contributed by atoms with Crippen molar-refractivity contribution >= 4 is 5.91 Å². The minimum atomic E-state index is -4.70. The Labute approximate surface area is 147 Å². The molecule has 0 aliphatic heterocycles. The van der Waals surface area contributed by atoms with E-state index >= 15 is 0 Å².